The lowest BCUT2D eigenvalue weighted by atomic mass is 10.0. The third-order valence-corrected chi connectivity index (χ3v) is 7.33. The maximum atomic E-state index is 12.6. The Morgan fingerprint density at radius 3 is 1.71 bits per heavy atom. The van der Waals surface area contributed by atoms with Gasteiger partial charge in [0.1, 0.15) is 0 Å². The van der Waals surface area contributed by atoms with Gasteiger partial charge in [0.15, 0.2) is 31.1 Å². The zero-order valence-electron chi connectivity index (χ0n) is 21.2. The molecule has 0 fully saturated rings. The molecule has 0 aromatic carbocycles. The number of carbonyl (C=O) groups excluding carboxylic acids is 1. The summed E-state index contributed by atoms with van der Waals surface area (Å²) in [6.07, 6.45) is -2.76. The summed E-state index contributed by atoms with van der Waals surface area (Å²) < 4.78 is 25.8. The lowest BCUT2D eigenvalue weighted by Gasteiger charge is -2.51. The topological polar surface area (TPSA) is 103 Å². The van der Waals surface area contributed by atoms with Crippen molar-refractivity contribution in [3.05, 3.63) is 12.2 Å². The van der Waals surface area contributed by atoms with Crippen molar-refractivity contribution in [2.45, 2.75) is 89.9 Å². The average molecular weight is 510 g/mol. The van der Waals surface area contributed by atoms with Crippen LogP contribution in [-0.2, 0) is 22.8 Å². The van der Waals surface area contributed by atoms with Crippen LogP contribution in [0, 0.1) is 0 Å². The molecule has 0 heterocycles. The first-order valence-corrected chi connectivity index (χ1v) is 22.3. The number of hydrogen-bond donors (Lipinski definition) is 2. The van der Waals surface area contributed by atoms with Crippen molar-refractivity contribution in [2.24, 2.45) is 0 Å². The second kappa shape index (κ2) is 11.4. The Bertz CT molecular complexity index is 623. The molecule has 0 aliphatic rings. The normalized spacial score (nSPS) is 15.3. The van der Waals surface area contributed by atoms with Gasteiger partial charge in [0, 0.05) is 15.8 Å². The van der Waals surface area contributed by atoms with Crippen LogP contribution in [0.2, 0.25) is 65.0 Å². The molecule has 0 rings (SSSR count). The fourth-order valence-electron chi connectivity index (χ4n) is 3.00. The average Bonchev–Trinajstić information content (AvgIpc) is 2.51. The van der Waals surface area contributed by atoms with Gasteiger partial charge < -0.3 is 28.4 Å². The zero-order valence-corrected chi connectivity index (χ0v) is 26.2. The Morgan fingerprint density at radius 2 is 1.42 bits per heavy atom. The monoisotopic (exact) mass is 509 g/mol. The van der Waals surface area contributed by atoms with E-state index in [1.54, 1.807) is 6.92 Å². The third kappa shape index (κ3) is 11.6. The molecule has 2 N–H and O–H groups in total. The molecule has 182 valence electrons. The number of carboxylic acid groups (broad SMARTS) is 1. The Morgan fingerprint density at radius 1 is 0.968 bits per heavy atom. The van der Waals surface area contributed by atoms with E-state index in [4.69, 9.17) is 18.0 Å². The summed E-state index contributed by atoms with van der Waals surface area (Å²) >= 11 is 0. The summed E-state index contributed by atoms with van der Waals surface area (Å²) in [5, 5.41) is 11.6. The Hall–Kier alpha value is -0.772. The van der Waals surface area contributed by atoms with E-state index in [1.807, 2.05) is 39.3 Å². The van der Waals surface area contributed by atoms with E-state index in [1.165, 1.54) is 0 Å². The SMILES string of the molecule is C=C(C)C(=O)OC(CNC(=O)O)C(O[Si](C)(C)C)(O[Si](C)(C)C)C(C[SiH3])O[Si](C)(C)C. The van der Waals surface area contributed by atoms with Gasteiger partial charge in [-0.1, -0.05) is 6.58 Å². The molecule has 8 nitrogen and oxygen atoms in total. The van der Waals surface area contributed by atoms with Gasteiger partial charge in [-0.15, -0.1) is 0 Å². The van der Waals surface area contributed by atoms with Crippen LogP contribution in [0.3, 0.4) is 0 Å². The first kappa shape index (κ1) is 30.2. The maximum Gasteiger partial charge on any atom is 0.404 e. The molecule has 0 radical (unpaired) electrons. The van der Waals surface area contributed by atoms with Crippen LogP contribution in [0.5, 0.6) is 0 Å². The molecular formula is C19H43NO7Si4. The number of esters is 1. The number of rotatable bonds is 13. The van der Waals surface area contributed by atoms with Crippen LogP contribution >= 0.6 is 0 Å². The molecule has 0 spiro atoms. The maximum absolute atomic E-state index is 12.6. The van der Waals surface area contributed by atoms with E-state index < -0.39 is 55.0 Å². The van der Waals surface area contributed by atoms with Gasteiger partial charge in [0.05, 0.1) is 12.6 Å². The molecule has 12 heteroatoms. The van der Waals surface area contributed by atoms with Gasteiger partial charge in [-0.3, -0.25) is 0 Å². The lowest BCUT2D eigenvalue weighted by Crippen LogP contribution is -2.67. The fourth-order valence-corrected chi connectivity index (χ4v) is 7.86. The molecule has 2 atom stereocenters. The third-order valence-electron chi connectivity index (χ3n) is 3.73. The van der Waals surface area contributed by atoms with Crippen molar-refractivity contribution in [3.8, 4) is 0 Å². The van der Waals surface area contributed by atoms with Crippen LogP contribution in [-0.4, -0.2) is 76.9 Å². The van der Waals surface area contributed by atoms with E-state index in [-0.39, 0.29) is 12.1 Å². The molecule has 0 saturated carbocycles. The van der Waals surface area contributed by atoms with Gasteiger partial charge >= 0.3 is 12.1 Å². The Labute approximate surface area is 193 Å². The Kier molecular flexibility index (Phi) is 11.1. The molecule has 0 bridgehead atoms. The van der Waals surface area contributed by atoms with E-state index in [9.17, 15) is 14.7 Å². The summed E-state index contributed by atoms with van der Waals surface area (Å²) in [6.45, 7) is 23.4. The first-order chi connectivity index (χ1) is 13.7. The van der Waals surface area contributed by atoms with E-state index in [0.29, 0.717) is 6.04 Å². The van der Waals surface area contributed by atoms with Crippen molar-refractivity contribution < 1.29 is 32.7 Å². The summed E-state index contributed by atoms with van der Waals surface area (Å²) in [6, 6.07) is 0.674. The number of amides is 1. The second-order valence-electron chi connectivity index (χ2n) is 10.6. The van der Waals surface area contributed by atoms with Gasteiger partial charge in [-0.2, -0.15) is 0 Å². The lowest BCUT2D eigenvalue weighted by molar-refractivity contribution is -0.247. The van der Waals surface area contributed by atoms with Crippen molar-refractivity contribution in [1.29, 1.82) is 0 Å². The van der Waals surface area contributed by atoms with Crippen LogP contribution in [0.4, 0.5) is 4.79 Å². The molecule has 2 unspecified atom stereocenters. The Balaban J connectivity index is 6.84. The van der Waals surface area contributed by atoms with Crippen LogP contribution in [0.15, 0.2) is 12.2 Å². The fraction of sp³-hybridized carbons (Fsp3) is 0.789. The van der Waals surface area contributed by atoms with Gasteiger partial charge in [0.25, 0.3) is 0 Å². The smallest absolute Gasteiger partial charge is 0.404 e. The molecule has 0 aromatic heterocycles. The first-order valence-electron chi connectivity index (χ1n) is 10.6. The number of hydrogen-bond acceptors (Lipinski definition) is 6. The summed E-state index contributed by atoms with van der Waals surface area (Å²) in [5.74, 6) is -2.05. The van der Waals surface area contributed by atoms with Crippen LogP contribution in [0.25, 0.3) is 0 Å². The molecule has 0 saturated heterocycles. The summed E-state index contributed by atoms with van der Waals surface area (Å²) in [4.78, 5) is 23.9. The standard InChI is InChI=1S/C19H43NO7Si4/c1-14(2)17(21)24-15(12-20-18(22)23)19(26-30(6,7)8,27-31(9,10)11)16(13-28)25-29(3,4)5/h15-16,20H,1,12-13H2,2-11,28H3,(H,22,23). The highest BCUT2D eigenvalue weighted by atomic mass is 28.4. The molecule has 0 aliphatic heterocycles. The van der Waals surface area contributed by atoms with Crippen molar-refractivity contribution >= 4 is 47.3 Å². The van der Waals surface area contributed by atoms with Crippen LogP contribution < -0.4 is 5.32 Å². The summed E-state index contributed by atoms with van der Waals surface area (Å²) in [7, 11) is -5.83. The highest BCUT2D eigenvalue weighted by Crippen LogP contribution is 2.37. The molecular weight excluding hydrogens is 467 g/mol. The van der Waals surface area contributed by atoms with Gasteiger partial charge in [-0.05, 0) is 71.9 Å². The molecule has 0 aromatic rings. The van der Waals surface area contributed by atoms with Crippen LogP contribution in [0.1, 0.15) is 6.92 Å². The van der Waals surface area contributed by atoms with E-state index >= 15 is 0 Å². The molecule has 31 heavy (non-hydrogen) atoms. The number of nitrogens with one attached hydrogen (secondary N) is 1. The minimum Gasteiger partial charge on any atom is -0.465 e. The van der Waals surface area contributed by atoms with Crippen molar-refractivity contribution in [1.82, 2.24) is 5.32 Å². The van der Waals surface area contributed by atoms with Crippen molar-refractivity contribution in [3.63, 3.8) is 0 Å². The quantitative estimate of drug-likeness (QED) is 0.170. The minimum absolute atomic E-state index is 0.184. The minimum atomic E-state index is -2.28. The van der Waals surface area contributed by atoms with Gasteiger partial charge in [0.2, 0.25) is 5.79 Å². The summed E-state index contributed by atoms with van der Waals surface area (Å²) in [5.41, 5.74) is 0.212. The zero-order chi connectivity index (χ0) is 24.8. The molecule has 1 amide bonds. The van der Waals surface area contributed by atoms with E-state index in [0.717, 1.165) is 10.2 Å². The second-order valence-corrected chi connectivity index (χ2v) is 24.8. The van der Waals surface area contributed by atoms with Gasteiger partial charge in [-0.25, -0.2) is 9.59 Å². The largest absolute Gasteiger partial charge is 0.465 e. The highest BCUT2D eigenvalue weighted by Gasteiger charge is 2.55. The molecule has 0 aliphatic carbocycles. The predicted octanol–water partition coefficient (Wildman–Crippen LogP) is 3.15. The van der Waals surface area contributed by atoms with E-state index in [2.05, 4.69) is 31.5 Å². The highest BCUT2D eigenvalue weighted by molar-refractivity contribution is 6.71. The number of ether oxygens (including phenoxy) is 1. The van der Waals surface area contributed by atoms with Crippen molar-refractivity contribution in [2.75, 3.05) is 6.54 Å². The number of carbonyl (C=O) groups is 2. The predicted molar refractivity (Wildman–Crippen MR) is 135 cm³/mol.